The number of aliphatic carboxylic acids is 2. The Morgan fingerprint density at radius 3 is 1.00 bits per heavy atom. The quantitative estimate of drug-likeness (QED) is 0.267. The average molecular weight is 497 g/mol. The summed E-state index contributed by atoms with van der Waals surface area (Å²) in [5, 5.41) is 20.7. The van der Waals surface area contributed by atoms with Crippen molar-refractivity contribution in [2.45, 2.75) is 25.7 Å². The Bertz CT molecular complexity index is 1080. The number of benzene rings is 4. The molecular weight excluding hydrogens is 470 g/mol. The van der Waals surface area contributed by atoms with Crippen LogP contribution < -0.4 is 69.3 Å². The van der Waals surface area contributed by atoms with E-state index in [2.05, 4.69) is 24.3 Å². The Morgan fingerprint density at radius 1 is 0.444 bits per heavy atom. The van der Waals surface area contributed by atoms with Crippen LogP contribution >= 0.6 is 0 Å². The van der Waals surface area contributed by atoms with Gasteiger partial charge in [-0.15, -0.1) is 0 Å². The molecule has 0 saturated heterocycles. The normalized spacial score (nSPS) is 9.56. The summed E-state index contributed by atoms with van der Waals surface area (Å²) >= 11 is 0. The molecule has 0 aliphatic carbocycles. The van der Waals surface area contributed by atoms with E-state index in [4.69, 9.17) is 0 Å². The van der Waals surface area contributed by atoms with Gasteiger partial charge in [-0.1, -0.05) is 109 Å². The van der Waals surface area contributed by atoms with Gasteiger partial charge in [-0.2, -0.15) is 0 Å². The molecule has 0 fully saturated rings. The molecule has 0 heterocycles. The minimum absolute atomic E-state index is 0. The monoisotopic (exact) mass is 496 g/mol. The minimum Gasteiger partial charge on any atom is -0.550 e. The maximum absolute atomic E-state index is 10.3. The zero-order valence-electron chi connectivity index (χ0n) is 20.9. The molecule has 172 valence electrons. The molecule has 6 heteroatoms. The molecule has 36 heavy (non-hydrogen) atoms. The molecule has 0 atom stereocenters. The summed E-state index contributed by atoms with van der Waals surface area (Å²) in [7, 11) is 0. The van der Waals surface area contributed by atoms with Gasteiger partial charge in [0.2, 0.25) is 0 Å². The summed E-state index contributed by atoms with van der Waals surface area (Å²) in [6.07, 6.45) is 1.20. The smallest absolute Gasteiger partial charge is 0.550 e. The number of hydrogen-bond donors (Lipinski definition) is 0. The van der Waals surface area contributed by atoms with Gasteiger partial charge in [0.25, 0.3) is 0 Å². The van der Waals surface area contributed by atoms with E-state index in [9.17, 15) is 19.8 Å². The first-order valence-corrected chi connectivity index (χ1v) is 11.2. The van der Waals surface area contributed by atoms with Crippen LogP contribution in [0.1, 0.15) is 24.0 Å². The number of carbonyl (C=O) groups excluding carboxylic acids is 2. The summed E-state index contributed by atoms with van der Waals surface area (Å²) in [4.78, 5) is 20.7. The summed E-state index contributed by atoms with van der Waals surface area (Å²) in [5.41, 5.74) is 6.66. The predicted octanol–water partition coefficient (Wildman–Crippen LogP) is -1.92. The van der Waals surface area contributed by atoms with E-state index < -0.39 is 11.9 Å². The predicted molar refractivity (Wildman–Crippen MR) is 130 cm³/mol. The molecule has 4 rings (SSSR count). The van der Waals surface area contributed by atoms with E-state index in [0.717, 1.165) is 22.3 Å². The number of hydrogen-bond acceptors (Lipinski definition) is 4. The number of carboxylic acid groups (broad SMARTS) is 2. The van der Waals surface area contributed by atoms with Crippen molar-refractivity contribution in [2.24, 2.45) is 0 Å². The van der Waals surface area contributed by atoms with Crippen LogP contribution in [0.4, 0.5) is 0 Å². The van der Waals surface area contributed by atoms with Crippen molar-refractivity contribution in [1.29, 1.82) is 0 Å². The zero-order valence-corrected chi connectivity index (χ0v) is 24.9. The summed E-state index contributed by atoms with van der Waals surface area (Å²) in [6, 6.07) is 36.1. The van der Waals surface area contributed by atoms with Crippen LogP contribution in [0, 0.1) is 0 Å². The van der Waals surface area contributed by atoms with Crippen LogP contribution in [0.2, 0.25) is 0 Å². The molecule has 4 aromatic carbocycles. The topological polar surface area (TPSA) is 80.3 Å². The van der Waals surface area contributed by atoms with E-state index >= 15 is 0 Å². The van der Waals surface area contributed by atoms with Crippen molar-refractivity contribution < 1.29 is 78.9 Å². The first kappa shape index (κ1) is 31.8. The number of aryl methyl sites for hydroxylation is 2. The SMILES string of the molecule is O=C([O-])CCc1ccc(-c2ccccc2)cc1.O=C([O-])CCc1ccc(-c2ccccc2)cc1.[Na+].[Na+]. The van der Waals surface area contributed by atoms with E-state index in [1.165, 1.54) is 11.1 Å². The van der Waals surface area contributed by atoms with Crippen LogP contribution in [-0.4, -0.2) is 11.9 Å². The maximum atomic E-state index is 10.3. The van der Waals surface area contributed by atoms with E-state index in [1.807, 2.05) is 84.9 Å². The van der Waals surface area contributed by atoms with Gasteiger partial charge in [-0.05, 0) is 59.1 Å². The molecule has 0 bridgehead atoms. The Kier molecular flexibility index (Phi) is 15.3. The van der Waals surface area contributed by atoms with Crippen LogP contribution in [0.3, 0.4) is 0 Å². The van der Waals surface area contributed by atoms with Crippen LogP contribution in [0.5, 0.6) is 0 Å². The second kappa shape index (κ2) is 17.3. The van der Waals surface area contributed by atoms with Crippen molar-refractivity contribution in [2.75, 3.05) is 0 Å². The summed E-state index contributed by atoms with van der Waals surface area (Å²) in [5.74, 6) is -2.01. The largest absolute Gasteiger partial charge is 1.00 e. The molecule has 0 N–H and O–H groups in total. The molecular formula is C30H26Na2O4. The van der Waals surface area contributed by atoms with Crippen LogP contribution in [-0.2, 0) is 22.4 Å². The van der Waals surface area contributed by atoms with Gasteiger partial charge in [0.15, 0.2) is 0 Å². The van der Waals surface area contributed by atoms with E-state index in [1.54, 1.807) is 0 Å². The Labute approximate surface area is 257 Å². The molecule has 4 nitrogen and oxygen atoms in total. The first-order chi connectivity index (χ1) is 16.5. The van der Waals surface area contributed by atoms with Crippen LogP contribution in [0.25, 0.3) is 22.3 Å². The fraction of sp³-hybridized carbons (Fsp3) is 0.133. The zero-order chi connectivity index (χ0) is 24.2. The fourth-order valence-corrected chi connectivity index (χ4v) is 3.48. The first-order valence-electron chi connectivity index (χ1n) is 11.2. The van der Waals surface area contributed by atoms with Gasteiger partial charge in [0.1, 0.15) is 0 Å². The van der Waals surface area contributed by atoms with Gasteiger partial charge < -0.3 is 19.8 Å². The van der Waals surface area contributed by atoms with Crippen molar-refractivity contribution >= 4 is 11.9 Å². The Hall–Kier alpha value is -2.18. The van der Waals surface area contributed by atoms with Crippen LogP contribution in [0.15, 0.2) is 109 Å². The summed E-state index contributed by atoms with van der Waals surface area (Å²) < 4.78 is 0. The van der Waals surface area contributed by atoms with Gasteiger partial charge in [-0.25, -0.2) is 0 Å². The Balaban J connectivity index is 0.000000341. The second-order valence-corrected chi connectivity index (χ2v) is 7.87. The van der Waals surface area contributed by atoms with Crippen molar-refractivity contribution in [1.82, 2.24) is 0 Å². The molecule has 0 saturated carbocycles. The molecule has 4 aromatic rings. The molecule has 0 aromatic heterocycles. The Morgan fingerprint density at radius 2 is 0.722 bits per heavy atom. The molecule has 0 aliphatic rings. The fourth-order valence-electron chi connectivity index (χ4n) is 3.48. The second-order valence-electron chi connectivity index (χ2n) is 7.87. The molecule has 0 amide bonds. The minimum atomic E-state index is -1.00. The van der Waals surface area contributed by atoms with Crippen molar-refractivity contribution in [3.63, 3.8) is 0 Å². The third-order valence-corrected chi connectivity index (χ3v) is 5.36. The third-order valence-electron chi connectivity index (χ3n) is 5.36. The maximum Gasteiger partial charge on any atom is 1.00 e. The third kappa shape index (κ3) is 11.3. The standard InChI is InChI=1S/2C15H14O2.2Na/c2*16-15(17)11-8-12-6-9-14(10-7-12)13-4-2-1-3-5-13;;/h2*1-7,9-10H,8,11H2,(H,16,17);;/q;;2*+1/p-2. The van der Waals surface area contributed by atoms with Gasteiger partial charge in [0.05, 0.1) is 0 Å². The summed E-state index contributed by atoms with van der Waals surface area (Å²) in [6.45, 7) is 0. The van der Waals surface area contributed by atoms with Gasteiger partial charge >= 0.3 is 59.1 Å². The van der Waals surface area contributed by atoms with E-state index in [-0.39, 0.29) is 72.0 Å². The van der Waals surface area contributed by atoms with Gasteiger partial charge in [0, 0.05) is 11.9 Å². The van der Waals surface area contributed by atoms with E-state index in [0.29, 0.717) is 12.8 Å². The molecule has 0 radical (unpaired) electrons. The molecule has 0 spiro atoms. The number of carboxylic acids is 2. The average Bonchev–Trinajstić information content (AvgIpc) is 2.88. The van der Waals surface area contributed by atoms with Crippen molar-refractivity contribution in [3.05, 3.63) is 120 Å². The number of carbonyl (C=O) groups is 2. The number of rotatable bonds is 8. The van der Waals surface area contributed by atoms with Gasteiger partial charge in [-0.3, -0.25) is 0 Å². The molecule has 0 unspecified atom stereocenters. The van der Waals surface area contributed by atoms with Crippen molar-refractivity contribution in [3.8, 4) is 22.3 Å². The molecule has 0 aliphatic heterocycles.